The molecule has 4 saturated carbocycles. The fraction of sp³-hybridized carbons (Fsp3) is 0.556. The van der Waals surface area contributed by atoms with E-state index in [0.717, 1.165) is 35.7 Å². The topological polar surface area (TPSA) is 30.5 Å². The minimum absolute atomic E-state index is 0.406. The first kappa shape index (κ1) is 20.3. The van der Waals surface area contributed by atoms with Crippen LogP contribution in [0.1, 0.15) is 49.7 Å². The van der Waals surface area contributed by atoms with Gasteiger partial charge in [-0.15, -0.1) is 0 Å². The molecular weight excluding hydrogens is 418 g/mol. The number of hydrogen-bond donors (Lipinski definition) is 1. The average Bonchev–Trinajstić information content (AvgIpc) is 3.08. The van der Waals surface area contributed by atoms with E-state index in [9.17, 15) is 0 Å². The maximum atomic E-state index is 5.81. The van der Waals surface area contributed by atoms with Gasteiger partial charge in [0, 0.05) is 0 Å². The second-order valence-corrected chi connectivity index (χ2v) is 17.7. The molecule has 2 aromatic rings. The Bertz CT molecular complexity index is 1010. The van der Waals surface area contributed by atoms with E-state index >= 15 is 0 Å². The number of nitrogens with one attached hydrogen (secondary N) is 1. The Morgan fingerprint density at radius 3 is 2.06 bits per heavy atom. The molecule has 0 aliphatic heterocycles. The number of ether oxygens (including phenoxy) is 2. The molecule has 0 aromatic heterocycles. The Morgan fingerprint density at radius 2 is 1.45 bits per heavy atom. The summed E-state index contributed by atoms with van der Waals surface area (Å²) in [5.74, 6) is 4.86. The monoisotopic (exact) mass is 453 g/mol. The first-order chi connectivity index (χ1) is 14.9. The summed E-state index contributed by atoms with van der Waals surface area (Å²) in [4.78, 5) is 0. The molecule has 1 N–H and O–H groups in total. The van der Waals surface area contributed by atoms with Crippen LogP contribution in [0, 0.1) is 17.8 Å². The van der Waals surface area contributed by atoms with Crippen LogP contribution in [0.3, 0.4) is 0 Å². The van der Waals surface area contributed by atoms with Crippen molar-refractivity contribution in [3.8, 4) is 22.6 Å². The standard InChI is InChI=1S/C15H13O2.C10H16N.2CH3.Ti/c1-16-12-5-3-10-7-11-4-6-13(17-2)9-15(11)14(10)8-12;11-10-4-7-1-8(5-10)3-9(2-7)6-10;;;/h3,5-6,8-9H,7H2,1-2H3;7-9,11H,1-6H2;2*1H3;/q;-1;;;+1. The number of benzene rings is 2. The quantitative estimate of drug-likeness (QED) is 0.509. The van der Waals surface area contributed by atoms with Crippen LogP contribution in [0.2, 0.25) is 10.5 Å². The van der Waals surface area contributed by atoms with Crippen LogP contribution in [0.5, 0.6) is 11.5 Å². The summed E-state index contributed by atoms with van der Waals surface area (Å²) in [6.45, 7) is 0. The van der Waals surface area contributed by atoms with Crippen LogP contribution < -0.4 is 17.1 Å². The Balaban J connectivity index is 1.40. The van der Waals surface area contributed by atoms with Gasteiger partial charge >= 0.3 is 191 Å². The Kier molecular flexibility index (Phi) is 4.66. The third kappa shape index (κ3) is 3.31. The van der Waals surface area contributed by atoms with Gasteiger partial charge < -0.3 is 0 Å². The van der Waals surface area contributed by atoms with Gasteiger partial charge in [-0.3, -0.25) is 0 Å². The summed E-state index contributed by atoms with van der Waals surface area (Å²) in [6, 6.07) is 11.2. The average molecular weight is 453 g/mol. The molecule has 4 bridgehead atoms. The van der Waals surface area contributed by atoms with Crippen LogP contribution in [-0.2, 0) is 23.3 Å². The van der Waals surface area contributed by atoms with Crippen LogP contribution in [-0.4, -0.2) is 19.8 Å². The van der Waals surface area contributed by atoms with Gasteiger partial charge in [0.05, 0.1) is 0 Å². The van der Waals surface area contributed by atoms with E-state index in [1.54, 1.807) is 18.1 Å². The second-order valence-electron chi connectivity index (χ2n) is 11.3. The third-order valence-corrected chi connectivity index (χ3v) is 13.3. The zero-order valence-electron chi connectivity index (χ0n) is 19.4. The third-order valence-electron chi connectivity index (χ3n) is 8.72. The van der Waals surface area contributed by atoms with E-state index in [4.69, 9.17) is 9.47 Å². The number of methoxy groups -OCH3 is 2. The van der Waals surface area contributed by atoms with Gasteiger partial charge in [0.25, 0.3) is 0 Å². The van der Waals surface area contributed by atoms with Crippen molar-refractivity contribution in [2.45, 2.75) is 60.9 Å². The molecule has 3 nitrogen and oxygen atoms in total. The molecule has 2 aromatic carbocycles. The molecule has 0 saturated heterocycles. The predicted octanol–water partition coefficient (Wildman–Crippen LogP) is 5.62. The van der Waals surface area contributed by atoms with E-state index in [1.165, 1.54) is 60.8 Å². The SMILES string of the molecule is COc1ccc2c(c1)-c1cc(OC)c[c]([Ti]([CH3])([CH3])[NH]C34CC5CC(CC(C5)C3)C4)c1C2. The molecule has 0 heterocycles. The van der Waals surface area contributed by atoms with Crippen molar-refractivity contribution in [3.05, 3.63) is 41.5 Å². The van der Waals surface area contributed by atoms with Crippen molar-refractivity contribution in [3.63, 3.8) is 0 Å². The van der Waals surface area contributed by atoms with Crippen molar-refractivity contribution in [2.24, 2.45) is 17.8 Å². The normalized spacial score (nSPS) is 30.3. The fourth-order valence-corrected chi connectivity index (χ4v) is 13.1. The van der Waals surface area contributed by atoms with Crippen LogP contribution in [0.25, 0.3) is 11.1 Å². The van der Waals surface area contributed by atoms with E-state index < -0.39 is 16.8 Å². The first-order valence-corrected chi connectivity index (χ1v) is 16.7. The summed E-state index contributed by atoms with van der Waals surface area (Å²) in [7, 11) is 3.56. The zero-order valence-corrected chi connectivity index (χ0v) is 20.9. The Labute approximate surface area is 190 Å². The van der Waals surface area contributed by atoms with E-state index in [0.29, 0.717) is 5.54 Å². The van der Waals surface area contributed by atoms with Crippen molar-refractivity contribution >= 4 is 3.87 Å². The first-order valence-electron chi connectivity index (χ1n) is 12.1. The van der Waals surface area contributed by atoms with Gasteiger partial charge in [0.1, 0.15) is 0 Å². The molecule has 0 radical (unpaired) electrons. The molecule has 4 fully saturated rings. The van der Waals surface area contributed by atoms with Crippen LogP contribution >= 0.6 is 0 Å². The van der Waals surface area contributed by atoms with E-state index in [2.05, 4.69) is 44.6 Å². The van der Waals surface area contributed by atoms with Crippen LogP contribution in [0.15, 0.2) is 30.3 Å². The van der Waals surface area contributed by atoms with Gasteiger partial charge in [-0.05, 0) is 0 Å². The molecule has 5 aliphatic rings. The summed E-state index contributed by atoms with van der Waals surface area (Å²) in [5.41, 5.74) is 6.03. The molecule has 31 heavy (non-hydrogen) atoms. The van der Waals surface area contributed by atoms with Crippen molar-refractivity contribution in [1.82, 2.24) is 3.80 Å². The van der Waals surface area contributed by atoms with Gasteiger partial charge in [-0.25, -0.2) is 0 Å². The van der Waals surface area contributed by atoms with Crippen LogP contribution in [0.4, 0.5) is 0 Å². The van der Waals surface area contributed by atoms with Crippen molar-refractivity contribution < 1.29 is 26.3 Å². The van der Waals surface area contributed by atoms with Gasteiger partial charge in [0.15, 0.2) is 0 Å². The Morgan fingerprint density at radius 1 is 0.839 bits per heavy atom. The summed E-state index contributed by atoms with van der Waals surface area (Å²) in [6.07, 6.45) is 9.77. The minimum atomic E-state index is -2.52. The molecule has 0 unspecified atom stereocenters. The zero-order chi connectivity index (χ0) is 21.4. The summed E-state index contributed by atoms with van der Waals surface area (Å²) >= 11 is -2.52. The molecule has 5 aliphatic carbocycles. The van der Waals surface area contributed by atoms with E-state index in [1.807, 2.05) is 0 Å². The van der Waals surface area contributed by atoms with E-state index in [-0.39, 0.29) is 0 Å². The summed E-state index contributed by atoms with van der Waals surface area (Å²) in [5, 5.41) is 5.16. The van der Waals surface area contributed by atoms with Crippen molar-refractivity contribution in [2.75, 3.05) is 14.2 Å². The predicted molar refractivity (Wildman–Crippen MR) is 123 cm³/mol. The molecule has 0 spiro atoms. The van der Waals surface area contributed by atoms with Gasteiger partial charge in [-0.2, -0.15) is 0 Å². The molecule has 4 heteroatoms. The summed E-state index contributed by atoms with van der Waals surface area (Å²) < 4.78 is 17.4. The maximum absolute atomic E-state index is 5.81. The Hall–Kier alpha value is -1.29. The molecule has 164 valence electrons. The molecule has 0 amide bonds. The number of rotatable bonds is 5. The fourth-order valence-electron chi connectivity index (χ4n) is 8.02. The number of hydrogen-bond acceptors (Lipinski definition) is 3. The number of fused-ring (bicyclic) bond motifs is 3. The van der Waals surface area contributed by atoms with Gasteiger partial charge in [-0.1, -0.05) is 0 Å². The van der Waals surface area contributed by atoms with Crippen molar-refractivity contribution in [1.29, 1.82) is 0 Å². The van der Waals surface area contributed by atoms with Gasteiger partial charge in [0.2, 0.25) is 0 Å². The molecule has 0 atom stereocenters. The molecular formula is C27H35NO2Ti. The molecule has 7 rings (SSSR count). The second kappa shape index (κ2) is 7.11.